The summed E-state index contributed by atoms with van der Waals surface area (Å²) in [5.74, 6) is 1.32. The highest BCUT2D eigenvalue weighted by molar-refractivity contribution is 7.91. The molecule has 0 amide bonds. The van der Waals surface area contributed by atoms with Crippen molar-refractivity contribution >= 4 is 32.5 Å². The van der Waals surface area contributed by atoms with Crippen LogP contribution >= 0.6 is 22.7 Å². The lowest BCUT2D eigenvalue weighted by Gasteiger charge is -2.27. The van der Waals surface area contributed by atoms with E-state index in [1.165, 1.54) is 0 Å². The Morgan fingerprint density at radius 1 is 1.18 bits per heavy atom. The third kappa shape index (κ3) is 4.63. The van der Waals surface area contributed by atoms with E-state index in [0.717, 1.165) is 27.6 Å². The smallest absolute Gasteiger partial charge is 0.151 e. The van der Waals surface area contributed by atoms with Gasteiger partial charge in [-0.05, 0) is 35.6 Å². The second-order valence-electron chi connectivity index (χ2n) is 6.97. The van der Waals surface area contributed by atoms with Crippen molar-refractivity contribution in [2.45, 2.75) is 25.6 Å². The molecule has 1 aliphatic rings. The van der Waals surface area contributed by atoms with Crippen LogP contribution in [0.4, 0.5) is 0 Å². The Kier molecular flexibility index (Phi) is 5.82. The number of rotatable bonds is 7. The molecule has 3 heterocycles. The molecule has 0 radical (unpaired) electrons. The second kappa shape index (κ2) is 8.32. The first-order chi connectivity index (χ1) is 13.5. The van der Waals surface area contributed by atoms with Crippen LogP contribution in [0.15, 0.2) is 46.5 Å². The molecule has 0 aliphatic carbocycles. The fourth-order valence-corrected chi connectivity index (χ4v) is 6.73. The average Bonchev–Trinajstić information content (AvgIpc) is 3.42. The fraction of sp³-hybridized carbons (Fsp3) is 0.350. The molecular weight excluding hydrogens is 412 g/mol. The van der Waals surface area contributed by atoms with Gasteiger partial charge in [0, 0.05) is 35.5 Å². The zero-order chi connectivity index (χ0) is 19.6. The molecule has 28 heavy (non-hydrogen) atoms. The lowest BCUT2D eigenvalue weighted by Crippen LogP contribution is -2.35. The third-order valence-electron chi connectivity index (χ3n) is 4.95. The third-order valence-corrected chi connectivity index (χ3v) is 8.33. The van der Waals surface area contributed by atoms with E-state index in [1.807, 2.05) is 24.3 Å². The molecule has 0 bridgehead atoms. The van der Waals surface area contributed by atoms with Crippen molar-refractivity contribution in [3.8, 4) is 16.3 Å². The maximum absolute atomic E-state index is 12.0. The summed E-state index contributed by atoms with van der Waals surface area (Å²) < 4.78 is 29.3. The largest absolute Gasteiger partial charge is 0.497 e. The summed E-state index contributed by atoms with van der Waals surface area (Å²) in [5.41, 5.74) is 3.27. The molecule has 1 fully saturated rings. The summed E-state index contributed by atoms with van der Waals surface area (Å²) in [6.07, 6.45) is 0.681. The number of nitrogens with zero attached hydrogens (tertiary/aromatic N) is 2. The highest BCUT2D eigenvalue weighted by atomic mass is 32.2. The number of aromatic nitrogens is 1. The van der Waals surface area contributed by atoms with Crippen molar-refractivity contribution in [3.05, 3.63) is 57.7 Å². The Balaban J connectivity index is 1.54. The highest BCUT2D eigenvalue weighted by Gasteiger charge is 2.32. The first kappa shape index (κ1) is 19.6. The van der Waals surface area contributed by atoms with Gasteiger partial charge in [-0.1, -0.05) is 12.1 Å². The molecule has 8 heteroatoms. The van der Waals surface area contributed by atoms with Gasteiger partial charge >= 0.3 is 0 Å². The van der Waals surface area contributed by atoms with Gasteiger partial charge in [-0.15, -0.1) is 11.3 Å². The number of methoxy groups -OCH3 is 1. The van der Waals surface area contributed by atoms with E-state index in [9.17, 15) is 8.42 Å². The molecule has 3 aromatic rings. The zero-order valence-electron chi connectivity index (χ0n) is 15.6. The molecule has 1 unspecified atom stereocenters. The number of thiazole rings is 1. The molecule has 1 saturated heterocycles. The molecule has 4 rings (SSSR count). The monoisotopic (exact) mass is 434 g/mol. The molecule has 0 N–H and O–H groups in total. The van der Waals surface area contributed by atoms with Gasteiger partial charge in [0.15, 0.2) is 9.84 Å². The van der Waals surface area contributed by atoms with Gasteiger partial charge in [-0.2, -0.15) is 11.3 Å². The van der Waals surface area contributed by atoms with Crippen molar-refractivity contribution in [1.82, 2.24) is 9.88 Å². The molecule has 0 spiro atoms. The van der Waals surface area contributed by atoms with Gasteiger partial charge in [0.05, 0.1) is 24.3 Å². The van der Waals surface area contributed by atoms with Crippen LogP contribution in [0.1, 0.15) is 17.7 Å². The van der Waals surface area contributed by atoms with Crippen molar-refractivity contribution in [1.29, 1.82) is 0 Å². The molecule has 1 aromatic carbocycles. The van der Waals surface area contributed by atoms with Crippen LogP contribution in [0, 0.1) is 0 Å². The Hall–Kier alpha value is -1.74. The van der Waals surface area contributed by atoms with Crippen LogP contribution in [0.3, 0.4) is 0 Å². The van der Waals surface area contributed by atoms with Gasteiger partial charge in [-0.25, -0.2) is 13.4 Å². The fourth-order valence-electron chi connectivity index (χ4n) is 3.45. The molecule has 1 atom stereocenters. The minimum Gasteiger partial charge on any atom is -0.497 e. The molecular formula is C20H22N2O3S3. The number of hydrogen-bond donors (Lipinski definition) is 0. The lowest BCUT2D eigenvalue weighted by atomic mass is 10.1. The van der Waals surface area contributed by atoms with Crippen molar-refractivity contribution in [3.63, 3.8) is 0 Å². The Morgan fingerprint density at radius 3 is 2.64 bits per heavy atom. The Labute approximate surface area is 173 Å². The zero-order valence-corrected chi connectivity index (χ0v) is 18.0. The molecule has 2 aromatic heterocycles. The van der Waals surface area contributed by atoms with Crippen LogP contribution < -0.4 is 4.74 Å². The van der Waals surface area contributed by atoms with Crippen molar-refractivity contribution in [2.24, 2.45) is 0 Å². The maximum Gasteiger partial charge on any atom is 0.151 e. The SMILES string of the molecule is COc1ccc(CN(Cc2csc(-c3ccsc3)n2)C2CCS(=O)(=O)C2)cc1. The first-order valence-electron chi connectivity index (χ1n) is 9.07. The normalized spacial score (nSPS) is 18.6. The summed E-state index contributed by atoms with van der Waals surface area (Å²) in [6, 6.07) is 10.1. The van der Waals surface area contributed by atoms with Crippen molar-refractivity contribution in [2.75, 3.05) is 18.6 Å². The van der Waals surface area contributed by atoms with Gasteiger partial charge in [0.1, 0.15) is 10.8 Å². The van der Waals surface area contributed by atoms with E-state index in [0.29, 0.717) is 19.5 Å². The molecule has 1 aliphatic heterocycles. The first-order valence-corrected chi connectivity index (χ1v) is 12.7. The summed E-state index contributed by atoms with van der Waals surface area (Å²) in [6.45, 7) is 1.34. The number of hydrogen-bond acceptors (Lipinski definition) is 7. The van der Waals surface area contributed by atoms with Gasteiger partial charge in [0.2, 0.25) is 0 Å². The van der Waals surface area contributed by atoms with Crippen LogP contribution in [0.5, 0.6) is 5.75 Å². The Bertz CT molecular complexity index is 1010. The minimum absolute atomic E-state index is 0.0263. The number of benzene rings is 1. The van der Waals surface area contributed by atoms with E-state index in [-0.39, 0.29) is 17.5 Å². The molecule has 0 saturated carbocycles. The van der Waals surface area contributed by atoms with Gasteiger partial charge < -0.3 is 4.74 Å². The lowest BCUT2D eigenvalue weighted by molar-refractivity contribution is 0.192. The summed E-state index contributed by atoms with van der Waals surface area (Å²) in [5, 5.41) is 7.24. The topological polar surface area (TPSA) is 59.5 Å². The van der Waals surface area contributed by atoms with Gasteiger partial charge in [-0.3, -0.25) is 4.90 Å². The predicted octanol–water partition coefficient (Wildman–Crippen LogP) is 4.07. The molecule has 148 valence electrons. The van der Waals surface area contributed by atoms with Crippen LogP contribution in [-0.2, 0) is 22.9 Å². The number of thiophene rings is 1. The summed E-state index contributed by atoms with van der Waals surface area (Å²) >= 11 is 3.30. The minimum atomic E-state index is -2.94. The van der Waals surface area contributed by atoms with E-state index in [1.54, 1.807) is 29.8 Å². The van der Waals surface area contributed by atoms with E-state index in [2.05, 4.69) is 27.1 Å². The predicted molar refractivity (Wildman–Crippen MR) is 115 cm³/mol. The van der Waals surface area contributed by atoms with E-state index in [4.69, 9.17) is 9.72 Å². The summed E-state index contributed by atoms with van der Waals surface area (Å²) in [7, 11) is -1.29. The number of ether oxygens (including phenoxy) is 1. The second-order valence-corrected chi connectivity index (χ2v) is 10.8. The van der Waals surface area contributed by atoms with Crippen LogP contribution in [-0.4, -0.2) is 43.0 Å². The maximum atomic E-state index is 12.0. The standard InChI is InChI=1S/C20H22N2O3S3/c1-25-19-4-2-15(3-5-19)10-22(18-7-9-28(23,24)14-18)11-17-13-27-20(21-17)16-6-8-26-12-16/h2-6,8,12-13,18H,7,9-11,14H2,1H3. The number of sulfone groups is 1. The van der Waals surface area contributed by atoms with E-state index >= 15 is 0 Å². The van der Waals surface area contributed by atoms with Crippen LogP contribution in [0.2, 0.25) is 0 Å². The molecule has 5 nitrogen and oxygen atoms in total. The highest BCUT2D eigenvalue weighted by Crippen LogP contribution is 2.28. The Morgan fingerprint density at radius 2 is 2.00 bits per heavy atom. The quantitative estimate of drug-likeness (QED) is 0.561. The summed E-state index contributed by atoms with van der Waals surface area (Å²) in [4.78, 5) is 7.03. The van der Waals surface area contributed by atoms with Crippen LogP contribution in [0.25, 0.3) is 10.6 Å². The van der Waals surface area contributed by atoms with Gasteiger partial charge in [0.25, 0.3) is 0 Å². The van der Waals surface area contributed by atoms with Crippen molar-refractivity contribution < 1.29 is 13.2 Å². The average molecular weight is 435 g/mol. The van der Waals surface area contributed by atoms with E-state index < -0.39 is 9.84 Å².